The molecule has 1 atom stereocenters. The van der Waals surface area contributed by atoms with Gasteiger partial charge in [-0.05, 0) is 32.6 Å². The van der Waals surface area contributed by atoms with Crippen LogP contribution >= 0.6 is 0 Å². The second kappa shape index (κ2) is 10.6. The number of carbonyl (C=O) groups excluding carboxylic acids is 2. The first kappa shape index (κ1) is 19.9. The standard InChI is InChI=1S/C17H32N2O4/c1-4-17(2,16(21)22-3)19-13-15(20)18-11-8-12-23-14-9-6-5-7-10-14/h14,19H,4-13H2,1-3H3,(H,18,20)/t17-/m0/s1. The molecule has 0 radical (unpaired) electrons. The van der Waals surface area contributed by atoms with Crippen molar-refractivity contribution in [3.8, 4) is 0 Å². The molecule has 6 nitrogen and oxygen atoms in total. The lowest BCUT2D eigenvalue weighted by atomic mass is 9.98. The maximum absolute atomic E-state index is 11.8. The first-order valence-electron chi connectivity index (χ1n) is 8.73. The third-order valence-corrected chi connectivity index (χ3v) is 4.53. The summed E-state index contributed by atoms with van der Waals surface area (Å²) in [6.07, 6.45) is 7.97. The van der Waals surface area contributed by atoms with Gasteiger partial charge in [0.2, 0.25) is 5.91 Å². The number of rotatable bonds is 10. The van der Waals surface area contributed by atoms with Gasteiger partial charge in [-0.2, -0.15) is 0 Å². The Labute approximate surface area is 139 Å². The third-order valence-electron chi connectivity index (χ3n) is 4.53. The van der Waals surface area contributed by atoms with E-state index < -0.39 is 5.54 Å². The predicted molar refractivity (Wildman–Crippen MR) is 89.2 cm³/mol. The number of amides is 1. The molecule has 1 saturated carbocycles. The first-order chi connectivity index (χ1) is 11.0. The van der Waals surface area contributed by atoms with Crippen LogP contribution in [-0.2, 0) is 19.1 Å². The number of ether oxygens (including phenoxy) is 2. The molecule has 1 aliphatic rings. The van der Waals surface area contributed by atoms with Crippen molar-refractivity contribution in [2.45, 2.75) is 70.4 Å². The molecule has 1 amide bonds. The molecule has 23 heavy (non-hydrogen) atoms. The second-order valence-corrected chi connectivity index (χ2v) is 6.37. The van der Waals surface area contributed by atoms with E-state index in [0.29, 0.717) is 25.7 Å². The number of hydrogen-bond acceptors (Lipinski definition) is 5. The quantitative estimate of drug-likeness (QED) is 0.472. The number of hydrogen-bond donors (Lipinski definition) is 2. The van der Waals surface area contributed by atoms with Crippen molar-refractivity contribution in [3.05, 3.63) is 0 Å². The molecule has 2 N–H and O–H groups in total. The second-order valence-electron chi connectivity index (χ2n) is 6.37. The molecule has 0 aliphatic heterocycles. The molecule has 134 valence electrons. The number of methoxy groups -OCH3 is 1. The molecule has 0 spiro atoms. The zero-order valence-corrected chi connectivity index (χ0v) is 14.8. The van der Waals surface area contributed by atoms with Gasteiger partial charge in [0.1, 0.15) is 5.54 Å². The smallest absolute Gasteiger partial charge is 0.325 e. The van der Waals surface area contributed by atoms with E-state index >= 15 is 0 Å². The normalized spacial score (nSPS) is 18.2. The van der Waals surface area contributed by atoms with Crippen molar-refractivity contribution in [3.63, 3.8) is 0 Å². The van der Waals surface area contributed by atoms with E-state index in [1.54, 1.807) is 6.92 Å². The predicted octanol–water partition coefficient (Wildman–Crippen LogP) is 1.77. The minimum Gasteiger partial charge on any atom is -0.468 e. The molecular formula is C17H32N2O4. The maximum atomic E-state index is 11.8. The Morgan fingerprint density at radius 1 is 1.22 bits per heavy atom. The summed E-state index contributed by atoms with van der Waals surface area (Å²) in [4.78, 5) is 23.5. The van der Waals surface area contributed by atoms with Crippen molar-refractivity contribution >= 4 is 11.9 Å². The van der Waals surface area contributed by atoms with Crippen LogP contribution in [0.15, 0.2) is 0 Å². The van der Waals surface area contributed by atoms with Crippen molar-refractivity contribution in [1.82, 2.24) is 10.6 Å². The van der Waals surface area contributed by atoms with Crippen molar-refractivity contribution in [1.29, 1.82) is 0 Å². The average molecular weight is 328 g/mol. The van der Waals surface area contributed by atoms with Crippen LogP contribution in [0.5, 0.6) is 0 Å². The summed E-state index contributed by atoms with van der Waals surface area (Å²) < 4.78 is 10.6. The maximum Gasteiger partial charge on any atom is 0.325 e. The van der Waals surface area contributed by atoms with Gasteiger partial charge in [0, 0.05) is 13.2 Å². The van der Waals surface area contributed by atoms with E-state index in [0.717, 1.165) is 6.42 Å². The van der Waals surface area contributed by atoms with Crippen LogP contribution < -0.4 is 10.6 Å². The number of carbonyl (C=O) groups is 2. The average Bonchev–Trinajstić information content (AvgIpc) is 2.59. The molecule has 0 heterocycles. The Hall–Kier alpha value is -1.14. The highest BCUT2D eigenvalue weighted by Crippen LogP contribution is 2.20. The van der Waals surface area contributed by atoms with Gasteiger partial charge in [0.05, 0.1) is 19.8 Å². The molecule has 0 unspecified atom stereocenters. The Morgan fingerprint density at radius 2 is 1.91 bits per heavy atom. The molecule has 0 saturated heterocycles. The molecule has 1 rings (SSSR count). The minimum absolute atomic E-state index is 0.100. The topological polar surface area (TPSA) is 76.7 Å². The molecule has 1 aliphatic carbocycles. The fourth-order valence-corrected chi connectivity index (χ4v) is 2.69. The third kappa shape index (κ3) is 7.31. The summed E-state index contributed by atoms with van der Waals surface area (Å²) in [6, 6.07) is 0. The van der Waals surface area contributed by atoms with Crippen molar-refractivity contribution in [2.24, 2.45) is 0 Å². The van der Waals surface area contributed by atoms with Crippen LogP contribution in [0.1, 0.15) is 58.8 Å². The van der Waals surface area contributed by atoms with Crippen molar-refractivity contribution in [2.75, 3.05) is 26.8 Å². The lowest BCUT2D eigenvalue weighted by Crippen LogP contribution is -2.52. The Morgan fingerprint density at radius 3 is 2.52 bits per heavy atom. The van der Waals surface area contributed by atoms with Crippen LogP contribution in [0, 0.1) is 0 Å². The largest absolute Gasteiger partial charge is 0.468 e. The van der Waals surface area contributed by atoms with Gasteiger partial charge in [0.15, 0.2) is 0 Å². The molecule has 6 heteroatoms. The Bertz CT molecular complexity index is 370. The van der Waals surface area contributed by atoms with Crippen LogP contribution in [-0.4, -0.2) is 50.3 Å². The van der Waals surface area contributed by atoms with E-state index in [1.807, 2.05) is 6.92 Å². The SMILES string of the molecule is CC[C@](C)(NCC(=O)NCCCOC1CCCCC1)C(=O)OC. The fraction of sp³-hybridized carbons (Fsp3) is 0.882. The van der Waals surface area contributed by atoms with Crippen LogP contribution in [0.2, 0.25) is 0 Å². The fourth-order valence-electron chi connectivity index (χ4n) is 2.69. The summed E-state index contributed by atoms with van der Waals surface area (Å²) in [5.74, 6) is -0.472. The van der Waals surface area contributed by atoms with Gasteiger partial charge in [-0.25, -0.2) is 0 Å². The van der Waals surface area contributed by atoms with E-state index in [2.05, 4.69) is 10.6 Å². The van der Waals surface area contributed by atoms with Crippen LogP contribution in [0.25, 0.3) is 0 Å². The summed E-state index contributed by atoms with van der Waals surface area (Å²) >= 11 is 0. The lowest BCUT2D eigenvalue weighted by molar-refractivity contribution is -0.148. The van der Waals surface area contributed by atoms with Gasteiger partial charge in [-0.3, -0.25) is 14.9 Å². The van der Waals surface area contributed by atoms with Gasteiger partial charge in [-0.15, -0.1) is 0 Å². The van der Waals surface area contributed by atoms with E-state index in [9.17, 15) is 9.59 Å². The van der Waals surface area contributed by atoms with Gasteiger partial charge >= 0.3 is 5.97 Å². The van der Waals surface area contributed by atoms with Gasteiger partial charge in [0.25, 0.3) is 0 Å². The summed E-state index contributed by atoms with van der Waals surface area (Å²) in [5, 5.41) is 5.81. The van der Waals surface area contributed by atoms with Crippen molar-refractivity contribution < 1.29 is 19.1 Å². The highest BCUT2D eigenvalue weighted by atomic mass is 16.5. The molecule has 0 bridgehead atoms. The van der Waals surface area contributed by atoms with Crippen LogP contribution in [0.3, 0.4) is 0 Å². The minimum atomic E-state index is -0.823. The highest BCUT2D eigenvalue weighted by Gasteiger charge is 2.32. The molecule has 1 fully saturated rings. The van der Waals surface area contributed by atoms with E-state index in [4.69, 9.17) is 9.47 Å². The lowest BCUT2D eigenvalue weighted by Gasteiger charge is -2.26. The Balaban J connectivity index is 2.10. The van der Waals surface area contributed by atoms with Gasteiger partial charge in [-0.1, -0.05) is 26.2 Å². The van der Waals surface area contributed by atoms with E-state index in [1.165, 1.54) is 39.2 Å². The summed E-state index contributed by atoms with van der Waals surface area (Å²) in [5.41, 5.74) is -0.823. The molecule has 0 aromatic rings. The summed E-state index contributed by atoms with van der Waals surface area (Å²) in [6.45, 7) is 5.00. The number of esters is 1. The molecular weight excluding hydrogens is 296 g/mol. The first-order valence-corrected chi connectivity index (χ1v) is 8.73. The van der Waals surface area contributed by atoms with Gasteiger partial charge < -0.3 is 14.8 Å². The Kier molecular flexibility index (Phi) is 9.17. The monoisotopic (exact) mass is 328 g/mol. The highest BCUT2D eigenvalue weighted by molar-refractivity contribution is 5.82. The van der Waals surface area contributed by atoms with Crippen LogP contribution in [0.4, 0.5) is 0 Å². The molecule has 0 aromatic heterocycles. The summed E-state index contributed by atoms with van der Waals surface area (Å²) in [7, 11) is 1.35. The molecule has 0 aromatic carbocycles. The van der Waals surface area contributed by atoms with E-state index in [-0.39, 0.29) is 18.4 Å². The zero-order valence-electron chi connectivity index (χ0n) is 14.8. The number of nitrogens with one attached hydrogen (secondary N) is 2. The zero-order chi connectivity index (χ0) is 17.1.